The van der Waals surface area contributed by atoms with E-state index in [-0.39, 0.29) is 42.0 Å². The lowest BCUT2D eigenvalue weighted by Crippen LogP contribution is -2.41. The lowest BCUT2D eigenvalue weighted by atomic mass is 9.89. The Labute approximate surface area is 301 Å². The molecule has 0 bridgehead atoms. The van der Waals surface area contributed by atoms with Crippen molar-refractivity contribution in [3.8, 4) is 22.1 Å². The summed E-state index contributed by atoms with van der Waals surface area (Å²) in [4.78, 5) is 50.4. The van der Waals surface area contributed by atoms with Gasteiger partial charge >= 0.3 is 12.0 Å². The summed E-state index contributed by atoms with van der Waals surface area (Å²) in [7, 11) is 1.86. The number of benzene rings is 1. The number of anilines is 1. The third-order valence-electron chi connectivity index (χ3n) is 9.85. The maximum Gasteiger partial charge on any atom is 0.319 e. The first-order valence-electron chi connectivity index (χ1n) is 17.6. The zero-order chi connectivity index (χ0) is 36.1. The Morgan fingerprint density at radius 3 is 2.53 bits per heavy atom. The largest absolute Gasteiger partial charge is 0.481 e. The molecule has 270 valence electrons. The van der Waals surface area contributed by atoms with Crippen molar-refractivity contribution in [1.29, 1.82) is 0 Å². The molecule has 2 unspecified atom stereocenters. The van der Waals surface area contributed by atoms with Crippen molar-refractivity contribution in [3.63, 3.8) is 0 Å². The van der Waals surface area contributed by atoms with Gasteiger partial charge in [-0.05, 0) is 86.9 Å². The fourth-order valence-electron chi connectivity index (χ4n) is 6.40. The number of urea groups is 1. The molecule has 51 heavy (non-hydrogen) atoms. The Morgan fingerprint density at radius 1 is 1.06 bits per heavy atom. The number of carboxylic acids is 1. The second kappa shape index (κ2) is 16.2. The first-order chi connectivity index (χ1) is 24.5. The number of fused-ring (bicyclic) bond motifs is 1. The van der Waals surface area contributed by atoms with Crippen molar-refractivity contribution in [2.45, 2.75) is 65.0 Å². The van der Waals surface area contributed by atoms with Gasteiger partial charge in [0.05, 0.1) is 20.8 Å². The minimum atomic E-state index is -0.826. The van der Waals surface area contributed by atoms with Crippen LogP contribution in [0.5, 0.6) is 11.5 Å². The molecule has 1 saturated carbocycles. The maximum absolute atomic E-state index is 15.0. The Kier molecular flexibility index (Phi) is 11.5. The number of carbonyl (C=O) groups excluding carboxylic acids is 2. The summed E-state index contributed by atoms with van der Waals surface area (Å²) >= 11 is 1.48. The van der Waals surface area contributed by atoms with Crippen molar-refractivity contribution >= 4 is 45.1 Å². The SMILES string of the molecule is CC(CCC(=O)O)C(C)C(=O)N(C)CC1CCN(Cc2ccc(-c3cc4nccc(Oc5ccc(NC(=O)NC6CC6)cc5F)c4s3)nc2)CC1. The van der Waals surface area contributed by atoms with Crippen LogP contribution in [-0.2, 0) is 16.1 Å². The average molecular weight is 717 g/mol. The monoisotopic (exact) mass is 716 g/mol. The van der Waals surface area contributed by atoms with Crippen LogP contribution in [0.4, 0.5) is 14.9 Å². The van der Waals surface area contributed by atoms with Gasteiger partial charge in [0.15, 0.2) is 11.6 Å². The number of carboxylic acid groups (broad SMARTS) is 1. The quantitative estimate of drug-likeness (QED) is 0.123. The molecule has 6 rings (SSSR count). The average Bonchev–Trinajstić information content (AvgIpc) is 3.82. The zero-order valence-electron chi connectivity index (χ0n) is 29.2. The van der Waals surface area contributed by atoms with Crippen molar-refractivity contribution < 1.29 is 28.6 Å². The van der Waals surface area contributed by atoms with E-state index in [1.807, 2.05) is 44.1 Å². The van der Waals surface area contributed by atoms with E-state index < -0.39 is 11.8 Å². The maximum atomic E-state index is 15.0. The number of nitrogens with one attached hydrogen (secondary N) is 2. The van der Waals surface area contributed by atoms with Gasteiger partial charge in [0.2, 0.25) is 5.91 Å². The van der Waals surface area contributed by atoms with Gasteiger partial charge in [-0.3, -0.25) is 24.5 Å². The highest BCUT2D eigenvalue weighted by atomic mass is 32.1. The van der Waals surface area contributed by atoms with Crippen LogP contribution >= 0.6 is 11.3 Å². The van der Waals surface area contributed by atoms with Crippen LogP contribution in [0.3, 0.4) is 0 Å². The normalized spacial score (nSPS) is 16.4. The van der Waals surface area contributed by atoms with Crippen LogP contribution in [0, 0.1) is 23.6 Å². The first-order valence-corrected chi connectivity index (χ1v) is 18.4. The predicted molar refractivity (Wildman–Crippen MR) is 195 cm³/mol. The van der Waals surface area contributed by atoms with Crippen LogP contribution in [0.25, 0.3) is 20.8 Å². The van der Waals surface area contributed by atoms with E-state index in [1.165, 1.54) is 23.5 Å². The molecule has 4 aromatic rings. The highest BCUT2D eigenvalue weighted by Gasteiger charge is 2.27. The molecule has 0 radical (unpaired) electrons. The highest BCUT2D eigenvalue weighted by Crippen LogP contribution is 2.39. The molecule has 4 heterocycles. The number of aliphatic carboxylic acids is 1. The summed E-state index contributed by atoms with van der Waals surface area (Å²) in [6.45, 7) is 7.26. The second-order valence-electron chi connectivity index (χ2n) is 13.9. The third-order valence-corrected chi connectivity index (χ3v) is 11.0. The Balaban J connectivity index is 1.00. The molecule has 2 atom stereocenters. The predicted octanol–water partition coefficient (Wildman–Crippen LogP) is 7.38. The van der Waals surface area contributed by atoms with Crippen LogP contribution in [0.1, 0.15) is 57.9 Å². The lowest BCUT2D eigenvalue weighted by molar-refractivity contribution is -0.139. The van der Waals surface area contributed by atoms with Gasteiger partial charge in [-0.1, -0.05) is 19.9 Å². The van der Waals surface area contributed by atoms with Crippen LogP contribution in [0.15, 0.2) is 54.9 Å². The van der Waals surface area contributed by atoms with Crippen molar-refractivity contribution in [1.82, 2.24) is 25.1 Å². The number of likely N-dealkylation sites (tertiary alicyclic amines) is 1. The molecule has 2 fully saturated rings. The number of pyridine rings is 2. The number of nitrogens with zero attached hydrogens (tertiary/aromatic N) is 4. The Bertz CT molecular complexity index is 1860. The van der Waals surface area contributed by atoms with E-state index >= 15 is 0 Å². The van der Waals surface area contributed by atoms with E-state index in [2.05, 4.69) is 26.6 Å². The van der Waals surface area contributed by atoms with Crippen LogP contribution < -0.4 is 15.4 Å². The summed E-state index contributed by atoms with van der Waals surface area (Å²) in [5.41, 5.74) is 3.01. The Morgan fingerprint density at radius 2 is 1.84 bits per heavy atom. The summed E-state index contributed by atoms with van der Waals surface area (Å²) in [6, 6.07) is 12.0. The fourth-order valence-corrected chi connectivity index (χ4v) is 7.44. The molecule has 1 aliphatic carbocycles. The van der Waals surface area contributed by atoms with E-state index in [0.717, 1.165) is 78.2 Å². The first kappa shape index (κ1) is 36.2. The van der Waals surface area contributed by atoms with Gasteiger partial charge in [0.1, 0.15) is 5.75 Å². The molecular weight excluding hydrogens is 672 g/mol. The van der Waals surface area contributed by atoms with Gasteiger partial charge in [0.25, 0.3) is 0 Å². The Hall–Kier alpha value is -4.62. The minimum absolute atomic E-state index is 0.0250. The smallest absolute Gasteiger partial charge is 0.319 e. The minimum Gasteiger partial charge on any atom is -0.481 e. The van der Waals surface area contributed by atoms with E-state index in [1.54, 1.807) is 18.3 Å². The number of thiophene rings is 1. The molecule has 3 N–H and O–H groups in total. The second-order valence-corrected chi connectivity index (χ2v) is 15.0. The topological polar surface area (TPSA) is 137 Å². The summed E-state index contributed by atoms with van der Waals surface area (Å²) in [5.74, 6) is -0.535. The molecule has 3 amide bonds. The number of piperidine rings is 1. The zero-order valence-corrected chi connectivity index (χ0v) is 30.0. The number of hydrogen-bond acceptors (Lipinski definition) is 8. The lowest BCUT2D eigenvalue weighted by Gasteiger charge is -2.35. The van der Waals surface area contributed by atoms with Crippen molar-refractivity contribution in [3.05, 3.63) is 66.2 Å². The fraction of sp³-hybridized carbons (Fsp3) is 0.447. The third kappa shape index (κ3) is 9.59. The van der Waals surface area contributed by atoms with E-state index in [0.29, 0.717) is 23.8 Å². The number of hydrogen-bond donors (Lipinski definition) is 3. The van der Waals surface area contributed by atoms with E-state index in [4.69, 9.17) is 14.8 Å². The molecule has 3 aromatic heterocycles. The number of amides is 3. The number of ether oxygens (including phenoxy) is 1. The molecule has 13 heteroatoms. The van der Waals surface area contributed by atoms with Gasteiger partial charge in [-0.25, -0.2) is 9.18 Å². The van der Waals surface area contributed by atoms with Gasteiger partial charge in [-0.2, -0.15) is 0 Å². The molecule has 1 aromatic carbocycles. The van der Waals surface area contributed by atoms with Gasteiger partial charge in [-0.15, -0.1) is 11.3 Å². The standard InChI is InChI=1S/C38H45FN6O5S/c1-23(4-11-35(46)47)24(2)37(48)44(3)21-25-13-16-45(17-14-25)22-26-5-9-30(41-20-26)34-19-31-36(51-34)33(12-15-40-31)50-32-10-8-28(18-29(32)39)43-38(49)42-27-6-7-27/h5,8-10,12,15,18-20,23-25,27H,4,6-7,11,13-14,16-17,21-22H2,1-3H3,(H,46,47)(H2,42,43,49). The van der Waals surface area contributed by atoms with Crippen LogP contribution in [0.2, 0.25) is 0 Å². The van der Waals surface area contributed by atoms with E-state index in [9.17, 15) is 18.8 Å². The van der Waals surface area contributed by atoms with Gasteiger partial charge < -0.3 is 25.4 Å². The molecule has 1 saturated heterocycles. The van der Waals surface area contributed by atoms with Crippen molar-refractivity contribution in [2.75, 3.05) is 32.0 Å². The molecule has 1 aliphatic heterocycles. The molecule has 2 aliphatic rings. The number of carbonyl (C=O) groups is 3. The number of halogens is 1. The van der Waals surface area contributed by atoms with Crippen LogP contribution in [-0.4, -0.2) is 75.5 Å². The molecule has 11 nitrogen and oxygen atoms in total. The summed E-state index contributed by atoms with van der Waals surface area (Å²) < 4.78 is 21.7. The van der Waals surface area contributed by atoms with Crippen molar-refractivity contribution in [2.24, 2.45) is 17.8 Å². The summed E-state index contributed by atoms with van der Waals surface area (Å²) in [5, 5.41) is 14.4. The molecule has 0 spiro atoms. The number of aromatic nitrogens is 2. The summed E-state index contributed by atoms with van der Waals surface area (Å²) in [6.07, 6.45) is 8.07. The number of rotatable bonds is 14. The molecular formula is C38H45FN6O5S. The van der Waals surface area contributed by atoms with Gasteiger partial charge in [0, 0.05) is 68.7 Å². The highest BCUT2D eigenvalue weighted by molar-refractivity contribution is 7.22.